The first-order chi connectivity index (χ1) is 8.86. The van der Waals surface area contributed by atoms with Crippen LogP contribution in [0.4, 0.5) is 0 Å². The van der Waals surface area contributed by atoms with Crippen LogP contribution in [0.1, 0.15) is 15.2 Å². The largest absolute Gasteiger partial charge is 0.477 e. The van der Waals surface area contributed by atoms with Gasteiger partial charge >= 0.3 is 5.97 Å². The summed E-state index contributed by atoms with van der Waals surface area (Å²) in [7, 11) is -4.05. The number of nitrogens with zero attached hydrogens (tertiary/aromatic N) is 1. The number of aryl methyl sites for hydroxylation is 1. The standard InChI is InChI=1S/C10H15NO6S2/c1-7-6-18-8(10(14)15)9(7)19(16,17)11(2-4-12)3-5-13/h6,12-13H,2-5H2,1H3,(H,14,15). The van der Waals surface area contributed by atoms with Gasteiger partial charge in [0.1, 0.15) is 9.77 Å². The maximum Gasteiger partial charge on any atom is 0.347 e. The van der Waals surface area contributed by atoms with Crippen molar-refractivity contribution in [2.75, 3.05) is 26.3 Å². The van der Waals surface area contributed by atoms with E-state index in [4.69, 9.17) is 15.3 Å². The number of aromatic carboxylic acids is 1. The van der Waals surface area contributed by atoms with E-state index in [1.54, 1.807) is 0 Å². The zero-order valence-electron chi connectivity index (χ0n) is 10.2. The van der Waals surface area contributed by atoms with Gasteiger partial charge in [0, 0.05) is 13.1 Å². The SMILES string of the molecule is Cc1csc(C(=O)O)c1S(=O)(=O)N(CCO)CCO. The molecule has 1 rings (SSSR count). The Morgan fingerprint density at radius 2 is 1.84 bits per heavy atom. The Bertz CT molecular complexity index is 544. The van der Waals surface area contributed by atoms with Crippen LogP contribution < -0.4 is 0 Å². The Labute approximate surface area is 114 Å². The smallest absolute Gasteiger partial charge is 0.347 e. The summed E-state index contributed by atoms with van der Waals surface area (Å²) >= 11 is 0.834. The lowest BCUT2D eigenvalue weighted by Crippen LogP contribution is -2.36. The lowest BCUT2D eigenvalue weighted by Gasteiger charge is -2.20. The number of hydrogen-bond acceptors (Lipinski definition) is 6. The van der Waals surface area contributed by atoms with Gasteiger partial charge in [-0.05, 0) is 17.9 Å². The highest BCUT2D eigenvalue weighted by Crippen LogP contribution is 2.29. The van der Waals surface area contributed by atoms with E-state index in [2.05, 4.69) is 0 Å². The van der Waals surface area contributed by atoms with Gasteiger partial charge in [-0.1, -0.05) is 0 Å². The van der Waals surface area contributed by atoms with E-state index in [1.807, 2.05) is 0 Å². The van der Waals surface area contributed by atoms with Crippen LogP contribution in [0.3, 0.4) is 0 Å². The molecule has 9 heteroatoms. The summed E-state index contributed by atoms with van der Waals surface area (Å²) < 4.78 is 25.6. The van der Waals surface area contributed by atoms with Crippen LogP contribution >= 0.6 is 11.3 Å². The third kappa shape index (κ3) is 3.31. The van der Waals surface area contributed by atoms with Crippen molar-refractivity contribution in [2.24, 2.45) is 0 Å². The highest BCUT2D eigenvalue weighted by Gasteiger charge is 2.31. The predicted molar refractivity (Wildman–Crippen MR) is 68.9 cm³/mol. The number of carboxylic acids is 1. The van der Waals surface area contributed by atoms with Crippen molar-refractivity contribution in [3.63, 3.8) is 0 Å². The van der Waals surface area contributed by atoms with Gasteiger partial charge in [0.2, 0.25) is 10.0 Å². The van der Waals surface area contributed by atoms with Crippen LogP contribution in [-0.2, 0) is 10.0 Å². The van der Waals surface area contributed by atoms with E-state index in [9.17, 15) is 13.2 Å². The number of aliphatic hydroxyl groups excluding tert-OH is 2. The van der Waals surface area contributed by atoms with Crippen molar-refractivity contribution < 1.29 is 28.5 Å². The van der Waals surface area contributed by atoms with Gasteiger partial charge in [0.25, 0.3) is 0 Å². The molecule has 0 unspecified atom stereocenters. The molecule has 0 aliphatic carbocycles. The number of carboxylic acid groups (broad SMARTS) is 1. The summed E-state index contributed by atoms with van der Waals surface area (Å²) in [6, 6.07) is 0. The number of thiophene rings is 1. The highest BCUT2D eigenvalue weighted by atomic mass is 32.2. The summed E-state index contributed by atoms with van der Waals surface area (Å²) in [5.41, 5.74) is 0.336. The van der Waals surface area contributed by atoms with Crippen molar-refractivity contribution in [3.8, 4) is 0 Å². The Balaban J connectivity index is 3.32. The van der Waals surface area contributed by atoms with E-state index in [1.165, 1.54) is 12.3 Å². The number of rotatable bonds is 7. The molecule has 0 atom stereocenters. The fraction of sp³-hybridized carbons (Fsp3) is 0.500. The zero-order chi connectivity index (χ0) is 14.6. The summed E-state index contributed by atoms with van der Waals surface area (Å²) in [4.78, 5) is 10.5. The number of carbonyl (C=O) groups is 1. The molecule has 1 aromatic rings. The van der Waals surface area contributed by atoms with Crippen molar-refractivity contribution in [3.05, 3.63) is 15.8 Å². The molecule has 0 aromatic carbocycles. The first kappa shape index (κ1) is 16.1. The van der Waals surface area contributed by atoms with Crippen molar-refractivity contribution in [2.45, 2.75) is 11.8 Å². The Kier molecular flexibility index (Phi) is 5.44. The number of sulfonamides is 1. The van der Waals surface area contributed by atoms with Gasteiger partial charge in [-0.2, -0.15) is 4.31 Å². The van der Waals surface area contributed by atoms with Crippen molar-refractivity contribution in [1.29, 1.82) is 0 Å². The molecule has 0 aliphatic rings. The Morgan fingerprint density at radius 1 is 1.32 bits per heavy atom. The second-order valence-electron chi connectivity index (χ2n) is 3.73. The molecule has 1 heterocycles. The van der Waals surface area contributed by atoms with E-state index >= 15 is 0 Å². The molecular weight excluding hydrogens is 294 g/mol. The van der Waals surface area contributed by atoms with Gasteiger partial charge in [0.15, 0.2) is 0 Å². The molecule has 19 heavy (non-hydrogen) atoms. The molecule has 3 N–H and O–H groups in total. The monoisotopic (exact) mass is 309 g/mol. The first-order valence-corrected chi connectivity index (χ1v) is 7.71. The molecule has 0 radical (unpaired) electrons. The molecule has 1 aromatic heterocycles. The Morgan fingerprint density at radius 3 is 2.26 bits per heavy atom. The summed E-state index contributed by atoms with van der Waals surface area (Å²) in [5.74, 6) is -1.32. The molecule has 0 saturated heterocycles. The van der Waals surface area contributed by atoms with E-state index < -0.39 is 29.2 Å². The van der Waals surface area contributed by atoms with Crippen LogP contribution in [0.2, 0.25) is 0 Å². The minimum atomic E-state index is -4.05. The lowest BCUT2D eigenvalue weighted by atomic mass is 10.3. The maximum absolute atomic E-state index is 12.4. The average molecular weight is 309 g/mol. The van der Waals surface area contributed by atoms with Crippen molar-refractivity contribution in [1.82, 2.24) is 4.31 Å². The van der Waals surface area contributed by atoms with Crippen LogP contribution in [0.5, 0.6) is 0 Å². The topological polar surface area (TPSA) is 115 Å². The molecule has 0 spiro atoms. The molecule has 0 amide bonds. The van der Waals surface area contributed by atoms with E-state index in [0.29, 0.717) is 5.56 Å². The minimum Gasteiger partial charge on any atom is -0.477 e. The fourth-order valence-electron chi connectivity index (χ4n) is 1.61. The van der Waals surface area contributed by atoms with Crippen molar-refractivity contribution >= 4 is 27.3 Å². The quantitative estimate of drug-likeness (QED) is 0.638. The van der Waals surface area contributed by atoms with Crippen LogP contribution in [0.15, 0.2) is 10.3 Å². The third-order valence-corrected chi connectivity index (χ3v) is 5.71. The summed E-state index contributed by atoms with van der Waals surface area (Å²) in [6.07, 6.45) is 0. The predicted octanol–water partition coefficient (Wildman–Crippen LogP) is -0.270. The molecule has 0 bridgehead atoms. The number of hydrogen-bond donors (Lipinski definition) is 3. The molecule has 0 saturated carbocycles. The van der Waals surface area contributed by atoms with Crippen LogP contribution in [0, 0.1) is 6.92 Å². The molecule has 0 fully saturated rings. The van der Waals surface area contributed by atoms with Crippen LogP contribution in [-0.4, -0.2) is 60.3 Å². The molecule has 7 nitrogen and oxygen atoms in total. The second kappa shape index (κ2) is 6.44. The van der Waals surface area contributed by atoms with E-state index in [0.717, 1.165) is 15.6 Å². The van der Waals surface area contributed by atoms with Gasteiger partial charge in [-0.3, -0.25) is 0 Å². The van der Waals surface area contributed by atoms with Gasteiger partial charge in [-0.25, -0.2) is 13.2 Å². The summed E-state index contributed by atoms with van der Waals surface area (Å²) in [5, 5.41) is 28.2. The maximum atomic E-state index is 12.4. The van der Waals surface area contributed by atoms with Gasteiger partial charge in [-0.15, -0.1) is 11.3 Å². The molecule has 0 aliphatic heterocycles. The first-order valence-electron chi connectivity index (χ1n) is 5.39. The molecule has 108 valence electrons. The lowest BCUT2D eigenvalue weighted by molar-refractivity contribution is 0.0698. The normalized spacial score (nSPS) is 12.0. The Hall–Kier alpha value is -1.00. The fourth-order valence-corrected chi connectivity index (χ4v) is 4.61. The van der Waals surface area contributed by atoms with E-state index in [-0.39, 0.29) is 22.9 Å². The van der Waals surface area contributed by atoms with Gasteiger partial charge < -0.3 is 15.3 Å². The number of aliphatic hydroxyl groups is 2. The minimum absolute atomic E-state index is 0.197. The summed E-state index contributed by atoms with van der Waals surface area (Å²) in [6.45, 7) is 0.288. The second-order valence-corrected chi connectivity index (χ2v) is 6.49. The van der Waals surface area contributed by atoms with Crippen LogP contribution in [0.25, 0.3) is 0 Å². The highest BCUT2D eigenvalue weighted by molar-refractivity contribution is 7.89. The zero-order valence-corrected chi connectivity index (χ0v) is 11.9. The average Bonchev–Trinajstić information content (AvgIpc) is 2.71. The molecular formula is C10H15NO6S2. The third-order valence-electron chi connectivity index (χ3n) is 2.41. The van der Waals surface area contributed by atoms with Gasteiger partial charge in [0.05, 0.1) is 13.2 Å².